The van der Waals surface area contributed by atoms with E-state index in [9.17, 15) is 5.11 Å². The van der Waals surface area contributed by atoms with Crippen LogP contribution in [0.5, 0.6) is 0 Å². The first-order valence-electron chi connectivity index (χ1n) is 6.71. The summed E-state index contributed by atoms with van der Waals surface area (Å²) in [7, 11) is 0. The third-order valence-corrected chi connectivity index (χ3v) is 4.50. The van der Waals surface area contributed by atoms with E-state index in [1.54, 1.807) is 11.3 Å². The number of benzene rings is 1. The van der Waals surface area contributed by atoms with Crippen molar-refractivity contribution in [3.05, 3.63) is 39.7 Å². The number of thiazole rings is 1. The highest BCUT2D eigenvalue weighted by atomic mass is 32.1. The van der Waals surface area contributed by atoms with Crippen molar-refractivity contribution in [1.29, 1.82) is 0 Å². The van der Waals surface area contributed by atoms with E-state index in [1.165, 1.54) is 36.0 Å². The molecular formula is C15H18N2OS. The SMILES string of the molecule is NCC(O)Cc1nc(-c2ccc3c(c2)CCC3)cs1. The smallest absolute Gasteiger partial charge is 0.0958 e. The van der Waals surface area contributed by atoms with Gasteiger partial charge in [0.25, 0.3) is 0 Å². The molecule has 0 bridgehead atoms. The number of fused-ring (bicyclic) bond motifs is 1. The lowest BCUT2D eigenvalue weighted by atomic mass is 10.1. The molecular weight excluding hydrogens is 256 g/mol. The van der Waals surface area contributed by atoms with Gasteiger partial charge in [0.15, 0.2) is 0 Å². The van der Waals surface area contributed by atoms with Crippen molar-refractivity contribution in [3.63, 3.8) is 0 Å². The summed E-state index contributed by atoms with van der Waals surface area (Å²) in [6.07, 6.45) is 3.72. The summed E-state index contributed by atoms with van der Waals surface area (Å²) < 4.78 is 0. The average molecular weight is 274 g/mol. The summed E-state index contributed by atoms with van der Waals surface area (Å²) in [6, 6.07) is 6.65. The number of hydrogen-bond acceptors (Lipinski definition) is 4. The van der Waals surface area contributed by atoms with E-state index in [0.717, 1.165) is 10.7 Å². The van der Waals surface area contributed by atoms with Gasteiger partial charge in [-0.1, -0.05) is 12.1 Å². The van der Waals surface area contributed by atoms with Gasteiger partial charge in [0, 0.05) is 23.9 Å². The Morgan fingerprint density at radius 1 is 1.32 bits per heavy atom. The first-order chi connectivity index (χ1) is 9.26. The summed E-state index contributed by atoms with van der Waals surface area (Å²) in [5.41, 5.74) is 10.6. The highest BCUT2D eigenvalue weighted by Gasteiger charge is 2.13. The maximum absolute atomic E-state index is 9.56. The molecule has 1 aromatic carbocycles. The lowest BCUT2D eigenvalue weighted by Gasteiger charge is -2.04. The third-order valence-electron chi connectivity index (χ3n) is 3.63. The van der Waals surface area contributed by atoms with E-state index in [-0.39, 0.29) is 6.54 Å². The summed E-state index contributed by atoms with van der Waals surface area (Å²) in [5, 5.41) is 12.6. The number of aryl methyl sites for hydroxylation is 2. The number of aliphatic hydroxyl groups excluding tert-OH is 1. The van der Waals surface area contributed by atoms with Gasteiger partial charge in [0.05, 0.1) is 16.8 Å². The number of nitrogens with zero attached hydrogens (tertiary/aromatic N) is 1. The van der Waals surface area contributed by atoms with Crippen molar-refractivity contribution in [1.82, 2.24) is 4.98 Å². The van der Waals surface area contributed by atoms with E-state index < -0.39 is 6.10 Å². The Bertz CT molecular complexity index is 579. The van der Waals surface area contributed by atoms with Crippen LogP contribution in [0.25, 0.3) is 11.3 Å². The number of aliphatic hydroxyl groups is 1. The van der Waals surface area contributed by atoms with Crippen LogP contribution in [0.2, 0.25) is 0 Å². The highest BCUT2D eigenvalue weighted by molar-refractivity contribution is 7.09. The topological polar surface area (TPSA) is 59.1 Å². The van der Waals surface area contributed by atoms with Crippen LogP contribution in [0.3, 0.4) is 0 Å². The van der Waals surface area contributed by atoms with Crippen LogP contribution in [0.15, 0.2) is 23.6 Å². The number of hydrogen-bond donors (Lipinski definition) is 2. The van der Waals surface area contributed by atoms with E-state index in [1.807, 2.05) is 0 Å². The van der Waals surface area contributed by atoms with Crippen molar-refractivity contribution in [3.8, 4) is 11.3 Å². The lowest BCUT2D eigenvalue weighted by molar-refractivity contribution is 0.183. The normalized spacial score (nSPS) is 15.5. The molecule has 1 aromatic heterocycles. The second-order valence-electron chi connectivity index (χ2n) is 5.06. The first kappa shape index (κ1) is 12.8. The molecule has 1 unspecified atom stereocenters. The molecule has 1 aliphatic rings. The van der Waals surface area contributed by atoms with Gasteiger partial charge in [-0.25, -0.2) is 4.98 Å². The fourth-order valence-corrected chi connectivity index (χ4v) is 3.43. The zero-order valence-corrected chi connectivity index (χ0v) is 11.6. The minimum absolute atomic E-state index is 0.285. The summed E-state index contributed by atoms with van der Waals surface area (Å²) in [5.74, 6) is 0. The molecule has 1 aliphatic carbocycles. The number of rotatable bonds is 4. The molecule has 0 aliphatic heterocycles. The van der Waals surface area contributed by atoms with Crippen molar-refractivity contribution in [2.45, 2.75) is 31.8 Å². The second kappa shape index (κ2) is 5.41. The molecule has 1 heterocycles. The van der Waals surface area contributed by atoms with Crippen LogP contribution in [0.4, 0.5) is 0 Å². The van der Waals surface area contributed by atoms with E-state index >= 15 is 0 Å². The van der Waals surface area contributed by atoms with Gasteiger partial charge in [0.1, 0.15) is 0 Å². The first-order valence-corrected chi connectivity index (χ1v) is 7.59. The molecule has 19 heavy (non-hydrogen) atoms. The Morgan fingerprint density at radius 3 is 3.00 bits per heavy atom. The van der Waals surface area contributed by atoms with E-state index in [4.69, 9.17) is 5.73 Å². The van der Waals surface area contributed by atoms with Crippen molar-refractivity contribution in [2.75, 3.05) is 6.54 Å². The standard InChI is InChI=1S/C15H18N2OS/c16-8-13(18)7-15-17-14(9-19-15)12-5-4-10-2-1-3-11(10)6-12/h4-6,9,13,18H,1-3,7-8,16H2. The molecule has 3 N–H and O–H groups in total. The lowest BCUT2D eigenvalue weighted by Crippen LogP contribution is -2.21. The van der Waals surface area contributed by atoms with Crippen molar-refractivity contribution in [2.24, 2.45) is 5.73 Å². The molecule has 3 rings (SSSR count). The highest BCUT2D eigenvalue weighted by Crippen LogP contribution is 2.29. The molecule has 2 aromatic rings. The average Bonchev–Trinajstić information content (AvgIpc) is 3.05. The van der Waals surface area contributed by atoms with Crippen LogP contribution in [0, 0.1) is 0 Å². The molecule has 1 atom stereocenters. The maximum Gasteiger partial charge on any atom is 0.0958 e. The molecule has 0 spiro atoms. The molecule has 3 nitrogen and oxygen atoms in total. The molecule has 4 heteroatoms. The monoisotopic (exact) mass is 274 g/mol. The minimum atomic E-state index is -0.487. The summed E-state index contributed by atoms with van der Waals surface area (Å²) in [6.45, 7) is 0.285. The fraction of sp³-hybridized carbons (Fsp3) is 0.400. The zero-order valence-electron chi connectivity index (χ0n) is 10.8. The van der Waals surface area contributed by atoms with Gasteiger partial charge in [-0.15, -0.1) is 11.3 Å². The Kier molecular flexibility index (Phi) is 3.64. The van der Waals surface area contributed by atoms with E-state index in [2.05, 4.69) is 28.6 Å². The Morgan fingerprint density at radius 2 is 2.16 bits per heavy atom. The summed E-state index contributed by atoms with van der Waals surface area (Å²) in [4.78, 5) is 4.60. The van der Waals surface area contributed by atoms with Gasteiger partial charge < -0.3 is 10.8 Å². The van der Waals surface area contributed by atoms with Crippen molar-refractivity contribution < 1.29 is 5.11 Å². The maximum atomic E-state index is 9.56. The van der Waals surface area contributed by atoms with Crippen LogP contribution in [-0.4, -0.2) is 22.7 Å². The largest absolute Gasteiger partial charge is 0.391 e. The van der Waals surface area contributed by atoms with Crippen LogP contribution >= 0.6 is 11.3 Å². The predicted molar refractivity (Wildman–Crippen MR) is 78.3 cm³/mol. The van der Waals surface area contributed by atoms with Gasteiger partial charge in [-0.3, -0.25) is 0 Å². The van der Waals surface area contributed by atoms with E-state index in [0.29, 0.717) is 6.42 Å². The van der Waals surface area contributed by atoms with Gasteiger partial charge in [-0.2, -0.15) is 0 Å². The van der Waals surface area contributed by atoms with Gasteiger partial charge >= 0.3 is 0 Å². The molecule has 0 saturated heterocycles. The Balaban J connectivity index is 1.82. The van der Waals surface area contributed by atoms with Crippen molar-refractivity contribution >= 4 is 11.3 Å². The Labute approximate surface area is 117 Å². The number of nitrogens with two attached hydrogens (primary N) is 1. The molecule has 100 valence electrons. The van der Waals surface area contributed by atoms with Crippen LogP contribution in [-0.2, 0) is 19.3 Å². The van der Waals surface area contributed by atoms with Gasteiger partial charge in [0.2, 0.25) is 0 Å². The molecule has 0 amide bonds. The molecule has 0 fully saturated rings. The summed E-state index contributed by atoms with van der Waals surface area (Å²) >= 11 is 1.59. The minimum Gasteiger partial charge on any atom is -0.391 e. The Hall–Kier alpha value is -1.23. The fourth-order valence-electron chi connectivity index (χ4n) is 2.55. The van der Waals surface area contributed by atoms with Gasteiger partial charge in [-0.05, 0) is 36.5 Å². The van der Waals surface area contributed by atoms with Crippen LogP contribution in [0.1, 0.15) is 22.6 Å². The predicted octanol–water partition coefficient (Wildman–Crippen LogP) is 2.16. The number of aromatic nitrogens is 1. The zero-order chi connectivity index (χ0) is 13.2. The third kappa shape index (κ3) is 2.71. The quantitative estimate of drug-likeness (QED) is 0.898. The van der Waals surface area contributed by atoms with Crippen LogP contribution < -0.4 is 5.73 Å². The second-order valence-corrected chi connectivity index (χ2v) is 6.00. The molecule has 0 saturated carbocycles. The molecule has 0 radical (unpaired) electrons.